The van der Waals surface area contributed by atoms with Crippen LogP contribution in [0.1, 0.15) is 43.4 Å². The second kappa shape index (κ2) is 11.2. The van der Waals surface area contributed by atoms with E-state index in [1.165, 1.54) is 6.07 Å². The Morgan fingerprint density at radius 3 is 2.84 bits per heavy atom. The van der Waals surface area contributed by atoms with Crippen LogP contribution in [-0.4, -0.2) is 42.7 Å². The molecule has 13 heteroatoms. The minimum absolute atomic E-state index is 0.208. The summed E-state index contributed by atoms with van der Waals surface area (Å²) in [6, 6.07) is 4.52. The van der Waals surface area contributed by atoms with Crippen LogP contribution in [0, 0.1) is 17.7 Å². The van der Waals surface area contributed by atoms with Crippen LogP contribution in [0.4, 0.5) is 10.2 Å². The van der Waals surface area contributed by atoms with Gasteiger partial charge in [-0.25, -0.2) is 18.9 Å². The van der Waals surface area contributed by atoms with E-state index < -0.39 is 10.2 Å². The molecule has 1 aromatic carbocycles. The minimum atomic E-state index is -3.67. The third kappa shape index (κ3) is 7.22. The van der Waals surface area contributed by atoms with Crippen LogP contribution in [0.25, 0.3) is 0 Å². The van der Waals surface area contributed by atoms with Crippen LogP contribution >= 0.6 is 15.9 Å². The van der Waals surface area contributed by atoms with E-state index in [4.69, 9.17) is 9.77 Å². The van der Waals surface area contributed by atoms with Crippen LogP contribution in [0.5, 0.6) is 0 Å². The highest BCUT2D eigenvalue weighted by atomic mass is 79.9. The Morgan fingerprint density at radius 2 is 2.12 bits per heavy atom. The molecule has 0 bridgehead atoms. The Bertz CT molecular complexity index is 1050. The Kier molecular flexibility index (Phi) is 8.57. The average Bonchev–Trinajstić information content (AvgIpc) is 3.21. The Labute approximate surface area is 194 Å². The maximum Gasteiger partial charge on any atom is 0.274 e. The molecule has 176 valence electrons. The SMILES string of the molecule is NS(=O)(=O)NCC1CCCC(CCNc2nonc2C(Cc2ccc(F)c(Br)c2)=NO)C1. The minimum Gasteiger partial charge on any atom is -0.411 e. The molecule has 32 heavy (non-hydrogen) atoms. The maximum atomic E-state index is 13.5. The number of anilines is 1. The lowest BCUT2D eigenvalue weighted by molar-refractivity contribution is 0.259. The number of benzene rings is 1. The van der Waals surface area contributed by atoms with Gasteiger partial charge in [-0.15, -0.1) is 0 Å². The van der Waals surface area contributed by atoms with Crippen molar-refractivity contribution in [3.63, 3.8) is 0 Å². The molecule has 1 fully saturated rings. The summed E-state index contributed by atoms with van der Waals surface area (Å²) < 4.78 is 43.2. The van der Waals surface area contributed by atoms with Crippen LogP contribution in [0.2, 0.25) is 0 Å². The number of aromatic nitrogens is 2. The normalized spacial score (nSPS) is 19.8. The highest BCUT2D eigenvalue weighted by Crippen LogP contribution is 2.31. The zero-order chi connectivity index (χ0) is 23.1. The summed E-state index contributed by atoms with van der Waals surface area (Å²) in [5, 5.41) is 28.7. The van der Waals surface area contributed by atoms with E-state index in [9.17, 15) is 18.0 Å². The molecule has 1 aliphatic rings. The van der Waals surface area contributed by atoms with Gasteiger partial charge in [0.2, 0.25) is 0 Å². The van der Waals surface area contributed by atoms with E-state index in [1.54, 1.807) is 12.1 Å². The zero-order valence-corrected chi connectivity index (χ0v) is 19.7. The van der Waals surface area contributed by atoms with Crippen LogP contribution in [-0.2, 0) is 16.6 Å². The summed E-state index contributed by atoms with van der Waals surface area (Å²) in [6.07, 6.45) is 5.05. The molecule has 3 rings (SSSR count). The molecule has 0 radical (unpaired) electrons. The molecule has 2 unspecified atom stereocenters. The standard InChI is InChI=1S/C19H26BrFN6O4S/c20-15-9-13(4-5-16(15)21)10-17(25-28)18-19(27-31-26-18)23-7-6-12-2-1-3-14(8-12)11-24-32(22,29)30/h4-5,9,12,14,24,28H,1-3,6-8,10-11H2,(H,23,27)(H2,22,29,30). The third-order valence-electron chi connectivity index (χ3n) is 5.55. The van der Waals surface area contributed by atoms with Crippen LogP contribution in [0.3, 0.4) is 0 Å². The number of hydrogen-bond donors (Lipinski definition) is 4. The average molecular weight is 533 g/mol. The Balaban J connectivity index is 1.53. The molecule has 0 amide bonds. The monoisotopic (exact) mass is 532 g/mol. The van der Waals surface area contributed by atoms with Gasteiger partial charge in [-0.3, -0.25) is 0 Å². The van der Waals surface area contributed by atoms with Crippen molar-refractivity contribution in [2.75, 3.05) is 18.4 Å². The lowest BCUT2D eigenvalue weighted by atomic mass is 9.80. The fourth-order valence-corrected chi connectivity index (χ4v) is 4.88. The number of oxime groups is 1. The molecule has 5 N–H and O–H groups in total. The van der Waals surface area contributed by atoms with Crippen molar-refractivity contribution >= 4 is 37.7 Å². The number of nitrogens with two attached hydrogens (primary N) is 1. The van der Waals surface area contributed by atoms with E-state index >= 15 is 0 Å². The molecule has 2 aromatic rings. The summed E-state index contributed by atoms with van der Waals surface area (Å²) in [4.78, 5) is 0. The Morgan fingerprint density at radius 1 is 1.34 bits per heavy atom. The van der Waals surface area contributed by atoms with Crippen molar-refractivity contribution in [2.45, 2.75) is 38.5 Å². The van der Waals surface area contributed by atoms with E-state index in [1.807, 2.05) is 0 Å². The van der Waals surface area contributed by atoms with E-state index in [0.29, 0.717) is 29.3 Å². The van der Waals surface area contributed by atoms with Gasteiger partial charge in [-0.2, -0.15) is 8.42 Å². The molecule has 0 spiro atoms. The summed E-state index contributed by atoms with van der Waals surface area (Å²) in [6.45, 7) is 0.956. The van der Waals surface area contributed by atoms with Gasteiger partial charge in [0, 0.05) is 19.5 Å². The first kappa shape index (κ1) is 24.6. The van der Waals surface area contributed by atoms with E-state index in [0.717, 1.165) is 37.7 Å². The molecule has 1 saturated carbocycles. The third-order valence-corrected chi connectivity index (χ3v) is 6.72. The molecular weight excluding hydrogens is 507 g/mol. The van der Waals surface area contributed by atoms with Crippen molar-refractivity contribution in [2.24, 2.45) is 22.1 Å². The molecular formula is C19H26BrFN6O4S. The summed E-state index contributed by atoms with van der Waals surface area (Å²) in [5.41, 5.74) is 1.24. The van der Waals surface area contributed by atoms with Gasteiger partial charge in [-0.05, 0) is 75.0 Å². The quantitative estimate of drug-likeness (QED) is 0.208. The number of halogens is 2. The molecule has 1 aromatic heterocycles. The first-order chi connectivity index (χ1) is 15.2. The predicted octanol–water partition coefficient (Wildman–Crippen LogP) is 2.79. The second-order valence-corrected chi connectivity index (χ2v) is 10.2. The molecule has 1 aliphatic carbocycles. The summed E-state index contributed by atoms with van der Waals surface area (Å²) in [7, 11) is -3.67. The first-order valence-corrected chi connectivity index (χ1v) is 12.6. The van der Waals surface area contributed by atoms with Gasteiger partial charge in [0.1, 0.15) is 11.5 Å². The predicted molar refractivity (Wildman–Crippen MR) is 120 cm³/mol. The highest BCUT2D eigenvalue weighted by Gasteiger charge is 2.23. The molecule has 0 saturated heterocycles. The van der Waals surface area contributed by atoms with Gasteiger partial charge in [-0.1, -0.05) is 24.1 Å². The summed E-state index contributed by atoms with van der Waals surface area (Å²) >= 11 is 3.14. The number of hydrogen-bond acceptors (Lipinski definition) is 8. The van der Waals surface area contributed by atoms with Crippen molar-refractivity contribution < 1.29 is 22.6 Å². The summed E-state index contributed by atoms with van der Waals surface area (Å²) in [5.74, 6) is 0.684. The van der Waals surface area contributed by atoms with Crippen molar-refractivity contribution in [1.29, 1.82) is 0 Å². The molecule has 10 nitrogen and oxygen atoms in total. The maximum absolute atomic E-state index is 13.5. The number of nitrogens with one attached hydrogen (secondary N) is 2. The molecule has 0 aliphatic heterocycles. The van der Waals surface area contributed by atoms with Gasteiger partial charge in [0.25, 0.3) is 10.2 Å². The smallest absolute Gasteiger partial charge is 0.274 e. The topological polar surface area (TPSA) is 156 Å². The first-order valence-electron chi connectivity index (χ1n) is 10.2. The number of nitrogens with zero attached hydrogens (tertiary/aromatic N) is 3. The largest absolute Gasteiger partial charge is 0.411 e. The number of rotatable bonds is 10. The zero-order valence-electron chi connectivity index (χ0n) is 17.3. The van der Waals surface area contributed by atoms with Crippen molar-refractivity contribution in [3.8, 4) is 0 Å². The fourth-order valence-electron chi connectivity index (χ4n) is 3.98. The molecule has 2 atom stereocenters. The lowest BCUT2D eigenvalue weighted by Gasteiger charge is -2.29. The van der Waals surface area contributed by atoms with E-state index in [-0.39, 0.29) is 29.6 Å². The van der Waals surface area contributed by atoms with Gasteiger partial charge < -0.3 is 10.5 Å². The van der Waals surface area contributed by atoms with Crippen molar-refractivity contribution in [1.82, 2.24) is 15.0 Å². The van der Waals surface area contributed by atoms with Crippen LogP contribution < -0.4 is 15.2 Å². The van der Waals surface area contributed by atoms with Crippen LogP contribution in [0.15, 0.2) is 32.5 Å². The lowest BCUT2D eigenvalue weighted by Crippen LogP contribution is -2.36. The van der Waals surface area contributed by atoms with E-state index in [2.05, 4.69) is 41.4 Å². The van der Waals surface area contributed by atoms with Gasteiger partial charge in [0.05, 0.1) is 4.47 Å². The van der Waals surface area contributed by atoms with Gasteiger partial charge in [0.15, 0.2) is 11.5 Å². The Hall–Kier alpha value is -2.09. The highest BCUT2D eigenvalue weighted by molar-refractivity contribution is 9.10. The molecule has 1 heterocycles. The fraction of sp³-hybridized carbons (Fsp3) is 0.526. The second-order valence-electron chi connectivity index (χ2n) is 7.94. The van der Waals surface area contributed by atoms with Crippen molar-refractivity contribution in [3.05, 3.63) is 39.7 Å². The van der Waals surface area contributed by atoms with Gasteiger partial charge >= 0.3 is 0 Å².